The van der Waals surface area contributed by atoms with Crippen molar-refractivity contribution in [3.8, 4) is 0 Å². The number of hydrogen-bond donors (Lipinski definition) is 0. The highest BCUT2D eigenvalue weighted by Gasteiger charge is 2.23. The van der Waals surface area contributed by atoms with Crippen molar-refractivity contribution in [1.29, 1.82) is 0 Å². The molecule has 74 valence electrons. The monoisotopic (exact) mass is 186 g/mol. The average molecular weight is 186 g/mol. The van der Waals surface area contributed by atoms with E-state index in [4.69, 9.17) is 0 Å². The zero-order valence-electron chi connectivity index (χ0n) is 8.97. The molecule has 2 aliphatic rings. The van der Waals surface area contributed by atoms with Gasteiger partial charge in [-0.15, -0.1) is 0 Å². The molecule has 0 atom stereocenters. The van der Waals surface area contributed by atoms with Gasteiger partial charge in [0.15, 0.2) is 0 Å². The molecule has 0 unspecified atom stereocenters. The van der Waals surface area contributed by atoms with E-state index in [9.17, 15) is 0 Å². The molecule has 0 radical (unpaired) electrons. The molecule has 0 heterocycles. The van der Waals surface area contributed by atoms with E-state index in [2.05, 4.69) is 19.1 Å². The maximum atomic E-state index is 2.41. The lowest BCUT2D eigenvalue weighted by Gasteiger charge is -2.28. The van der Waals surface area contributed by atoms with Crippen molar-refractivity contribution < 1.29 is 0 Å². The minimum absolute atomic E-state index is 0.904. The zero-order valence-corrected chi connectivity index (χ0v) is 8.97. The van der Waals surface area contributed by atoms with Crippen LogP contribution in [0.4, 0.5) is 0 Å². The average Bonchev–Trinajstić information content (AvgIpc) is 2.55. The van der Waals surface area contributed by atoms with Crippen LogP contribution in [-0.4, -0.2) is 0 Å². The van der Waals surface area contributed by atoms with Crippen LogP contribution in [-0.2, 0) is 12.8 Å². The van der Waals surface area contributed by atoms with Crippen molar-refractivity contribution in [3.05, 3.63) is 34.4 Å². The summed E-state index contributed by atoms with van der Waals surface area (Å²) in [4.78, 5) is 0. The Hall–Kier alpha value is -0.780. The standard InChI is InChI=1S/C14H18/c1-10-13-7-3-6-12(13)8-9-14(10)11-4-2-5-11/h8-9,11H,2-7H2,1H3. The molecule has 2 aliphatic carbocycles. The van der Waals surface area contributed by atoms with Crippen molar-refractivity contribution in [2.75, 3.05) is 0 Å². The molecule has 0 N–H and O–H groups in total. The molecule has 0 amide bonds. The summed E-state index contributed by atoms with van der Waals surface area (Å²) < 4.78 is 0. The molecule has 1 saturated carbocycles. The Balaban J connectivity index is 2.05. The number of hydrogen-bond acceptors (Lipinski definition) is 0. The molecular formula is C14H18. The van der Waals surface area contributed by atoms with Gasteiger partial charge in [-0.2, -0.15) is 0 Å². The molecule has 1 fully saturated rings. The fourth-order valence-electron chi connectivity index (χ4n) is 3.03. The van der Waals surface area contributed by atoms with E-state index < -0.39 is 0 Å². The molecule has 0 bridgehead atoms. The molecule has 0 nitrogen and oxygen atoms in total. The molecule has 1 aromatic rings. The van der Waals surface area contributed by atoms with Gasteiger partial charge in [0.1, 0.15) is 0 Å². The Morgan fingerprint density at radius 1 is 1.07 bits per heavy atom. The molecule has 0 saturated heterocycles. The summed E-state index contributed by atoms with van der Waals surface area (Å²) in [5, 5.41) is 0. The van der Waals surface area contributed by atoms with E-state index in [1.165, 1.54) is 38.5 Å². The lowest BCUT2D eigenvalue weighted by atomic mass is 9.77. The summed E-state index contributed by atoms with van der Waals surface area (Å²) in [7, 11) is 0. The Labute approximate surface area is 86.3 Å². The van der Waals surface area contributed by atoms with E-state index in [0.29, 0.717) is 0 Å². The largest absolute Gasteiger partial charge is 0.0585 e. The summed E-state index contributed by atoms with van der Waals surface area (Å²) in [5.41, 5.74) is 6.61. The highest BCUT2D eigenvalue weighted by atomic mass is 14.3. The predicted molar refractivity (Wildman–Crippen MR) is 59.8 cm³/mol. The molecule has 3 rings (SSSR count). The Kier molecular flexibility index (Phi) is 1.90. The molecule has 0 heteroatoms. The number of benzene rings is 1. The van der Waals surface area contributed by atoms with E-state index in [1.54, 1.807) is 22.3 Å². The Morgan fingerprint density at radius 2 is 1.93 bits per heavy atom. The minimum atomic E-state index is 0.904. The van der Waals surface area contributed by atoms with E-state index in [-0.39, 0.29) is 0 Å². The highest BCUT2D eigenvalue weighted by molar-refractivity contribution is 5.44. The van der Waals surface area contributed by atoms with Crippen LogP contribution in [0.5, 0.6) is 0 Å². The third-order valence-corrected chi connectivity index (χ3v) is 4.16. The van der Waals surface area contributed by atoms with E-state index in [1.807, 2.05) is 0 Å². The minimum Gasteiger partial charge on any atom is -0.0585 e. The van der Waals surface area contributed by atoms with Crippen molar-refractivity contribution in [2.24, 2.45) is 0 Å². The second kappa shape index (κ2) is 3.12. The van der Waals surface area contributed by atoms with E-state index in [0.717, 1.165) is 5.92 Å². The van der Waals surface area contributed by atoms with Gasteiger partial charge in [0.25, 0.3) is 0 Å². The normalized spacial score (nSPS) is 20.6. The lowest BCUT2D eigenvalue weighted by Crippen LogP contribution is -2.11. The fraction of sp³-hybridized carbons (Fsp3) is 0.571. The number of aryl methyl sites for hydroxylation is 1. The van der Waals surface area contributed by atoms with Crippen LogP contribution in [0.2, 0.25) is 0 Å². The second-order valence-corrected chi connectivity index (χ2v) is 4.90. The summed E-state index contributed by atoms with van der Waals surface area (Å²) in [6.45, 7) is 2.35. The smallest absolute Gasteiger partial charge is 0.0159 e. The Bertz CT molecular complexity index is 359. The van der Waals surface area contributed by atoms with Gasteiger partial charge in [0.05, 0.1) is 0 Å². The van der Waals surface area contributed by atoms with Crippen molar-refractivity contribution in [3.63, 3.8) is 0 Å². The Morgan fingerprint density at radius 3 is 2.64 bits per heavy atom. The van der Waals surface area contributed by atoms with Crippen LogP contribution >= 0.6 is 0 Å². The van der Waals surface area contributed by atoms with Gasteiger partial charge in [-0.25, -0.2) is 0 Å². The second-order valence-electron chi connectivity index (χ2n) is 4.90. The third kappa shape index (κ3) is 1.13. The van der Waals surface area contributed by atoms with Gasteiger partial charge in [-0.3, -0.25) is 0 Å². The van der Waals surface area contributed by atoms with Gasteiger partial charge in [0, 0.05) is 0 Å². The summed E-state index contributed by atoms with van der Waals surface area (Å²) in [5.74, 6) is 0.904. The van der Waals surface area contributed by atoms with Gasteiger partial charge in [-0.05, 0) is 67.2 Å². The first kappa shape index (κ1) is 8.52. The van der Waals surface area contributed by atoms with Gasteiger partial charge in [0.2, 0.25) is 0 Å². The quantitative estimate of drug-likeness (QED) is 0.626. The van der Waals surface area contributed by atoms with Crippen LogP contribution in [0, 0.1) is 6.92 Å². The SMILES string of the molecule is Cc1c(C2CCC2)ccc2c1CCC2. The summed E-state index contributed by atoms with van der Waals surface area (Å²) in [6, 6.07) is 4.80. The van der Waals surface area contributed by atoms with Gasteiger partial charge in [-0.1, -0.05) is 18.6 Å². The maximum absolute atomic E-state index is 2.41. The lowest BCUT2D eigenvalue weighted by molar-refractivity contribution is 0.418. The predicted octanol–water partition coefficient (Wildman–Crippen LogP) is 3.75. The van der Waals surface area contributed by atoms with Crippen molar-refractivity contribution >= 4 is 0 Å². The molecule has 14 heavy (non-hydrogen) atoms. The van der Waals surface area contributed by atoms with Crippen LogP contribution in [0.15, 0.2) is 12.1 Å². The van der Waals surface area contributed by atoms with Crippen molar-refractivity contribution in [1.82, 2.24) is 0 Å². The summed E-state index contributed by atoms with van der Waals surface area (Å²) in [6.07, 6.45) is 8.34. The summed E-state index contributed by atoms with van der Waals surface area (Å²) >= 11 is 0. The first-order valence-corrected chi connectivity index (χ1v) is 5.97. The molecular weight excluding hydrogens is 168 g/mol. The molecule has 1 aromatic carbocycles. The molecule has 0 aromatic heterocycles. The van der Waals surface area contributed by atoms with Gasteiger partial charge >= 0.3 is 0 Å². The van der Waals surface area contributed by atoms with Crippen LogP contribution in [0.1, 0.15) is 53.9 Å². The first-order valence-electron chi connectivity index (χ1n) is 5.97. The first-order chi connectivity index (χ1) is 6.86. The van der Waals surface area contributed by atoms with Crippen LogP contribution in [0.25, 0.3) is 0 Å². The number of fused-ring (bicyclic) bond motifs is 1. The van der Waals surface area contributed by atoms with Crippen LogP contribution < -0.4 is 0 Å². The molecule has 0 aliphatic heterocycles. The van der Waals surface area contributed by atoms with Crippen LogP contribution in [0.3, 0.4) is 0 Å². The fourth-order valence-corrected chi connectivity index (χ4v) is 3.03. The molecule has 0 spiro atoms. The van der Waals surface area contributed by atoms with E-state index >= 15 is 0 Å². The zero-order chi connectivity index (χ0) is 9.54. The third-order valence-electron chi connectivity index (χ3n) is 4.16. The number of rotatable bonds is 1. The van der Waals surface area contributed by atoms with Gasteiger partial charge < -0.3 is 0 Å². The highest BCUT2D eigenvalue weighted by Crippen LogP contribution is 2.40. The maximum Gasteiger partial charge on any atom is -0.0159 e. The van der Waals surface area contributed by atoms with Crippen molar-refractivity contribution in [2.45, 2.75) is 51.4 Å². The topological polar surface area (TPSA) is 0 Å².